The summed E-state index contributed by atoms with van der Waals surface area (Å²) in [6.45, 7) is 1.36. The van der Waals surface area contributed by atoms with Crippen LogP contribution in [0.4, 0.5) is 5.82 Å². The standard InChI is InChI=1S/C32H29N5O8S2/c1-46(41,42)26-11-7-23(8-12-26)31(39)36-17-15-35(16-18-36)30-19-29(38)34-32(40)37(30)21-22-5-9-25(10-6-22)45-47(43,44)28-4-2-3-24-20-33-14-13-27(24)28/h2-14,19-20H,15-18,21H2,1H3,(H,34,38,40). The number of aromatic nitrogens is 3. The van der Waals surface area contributed by atoms with Gasteiger partial charge in [0.15, 0.2) is 9.84 Å². The van der Waals surface area contributed by atoms with E-state index >= 15 is 0 Å². The normalized spacial score (nSPS) is 13.9. The van der Waals surface area contributed by atoms with Crippen LogP contribution in [0.1, 0.15) is 15.9 Å². The first-order valence-corrected chi connectivity index (χ1v) is 17.7. The monoisotopic (exact) mass is 675 g/mol. The quantitative estimate of drug-likeness (QED) is 0.241. The number of nitrogens with zero attached hydrogens (tertiary/aromatic N) is 4. The Morgan fingerprint density at radius 3 is 2.28 bits per heavy atom. The molecule has 0 unspecified atom stereocenters. The van der Waals surface area contributed by atoms with Crippen LogP contribution < -0.4 is 20.3 Å². The first kappa shape index (κ1) is 31.7. The predicted octanol–water partition coefficient (Wildman–Crippen LogP) is 2.27. The minimum Gasteiger partial charge on any atom is -0.379 e. The van der Waals surface area contributed by atoms with Gasteiger partial charge in [-0.15, -0.1) is 0 Å². The van der Waals surface area contributed by atoms with E-state index in [4.69, 9.17) is 4.18 Å². The number of pyridine rings is 1. The Morgan fingerprint density at radius 2 is 1.60 bits per heavy atom. The van der Waals surface area contributed by atoms with Crippen LogP contribution in [0.3, 0.4) is 0 Å². The molecule has 1 aliphatic heterocycles. The number of hydrogen-bond donors (Lipinski definition) is 1. The number of nitrogens with one attached hydrogen (secondary N) is 1. The lowest BCUT2D eigenvalue weighted by atomic mass is 10.2. The third kappa shape index (κ3) is 6.80. The highest BCUT2D eigenvalue weighted by molar-refractivity contribution is 7.90. The summed E-state index contributed by atoms with van der Waals surface area (Å²) in [5.74, 6) is 0.201. The molecule has 1 amide bonds. The van der Waals surface area contributed by atoms with E-state index < -0.39 is 31.2 Å². The van der Waals surface area contributed by atoms with Crippen LogP contribution in [0.15, 0.2) is 111 Å². The molecule has 1 N–H and O–H groups in total. The van der Waals surface area contributed by atoms with Crippen LogP contribution in [-0.4, -0.2) is 74.6 Å². The van der Waals surface area contributed by atoms with Gasteiger partial charge in [-0.05, 0) is 54.1 Å². The number of carbonyl (C=O) groups excluding carboxylic acids is 1. The summed E-state index contributed by atoms with van der Waals surface area (Å²) in [4.78, 5) is 48.2. The highest BCUT2D eigenvalue weighted by Gasteiger charge is 2.25. The van der Waals surface area contributed by atoms with Gasteiger partial charge in [0.1, 0.15) is 16.5 Å². The molecule has 242 valence electrons. The predicted molar refractivity (Wildman–Crippen MR) is 174 cm³/mol. The number of hydrogen-bond acceptors (Lipinski definition) is 10. The molecule has 1 aliphatic rings. The third-order valence-corrected chi connectivity index (χ3v) is 10.2. The van der Waals surface area contributed by atoms with Gasteiger partial charge in [-0.2, -0.15) is 8.42 Å². The second-order valence-corrected chi connectivity index (χ2v) is 14.5. The molecule has 3 heterocycles. The Kier molecular flexibility index (Phi) is 8.42. The molecule has 6 rings (SSSR count). The Hall–Kier alpha value is -5.28. The van der Waals surface area contributed by atoms with Gasteiger partial charge in [0.05, 0.1) is 11.4 Å². The summed E-state index contributed by atoms with van der Waals surface area (Å²) in [5.41, 5.74) is -0.185. The molecular weight excluding hydrogens is 647 g/mol. The number of anilines is 1. The summed E-state index contributed by atoms with van der Waals surface area (Å²) >= 11 is 0. The van der Waals surface area contributed by atoms with Crippen molar-refractivity contribution in [1.82, 2.24) is 19.4 Å². The summed E-state index contributed by atoms with van der Waals surface area (Å²) in [6, 6.07) is 19.8. The highest BCUT2D eigenvalue weighted by Crippen LogP contribution is 2.26. The van der Waals surface area contributed by atoms with Gasteiger partial charge in [0, 0.05) is 67.2 Å². The number of piperazine rings is 1. The summed E-state index contributed by atoms with van der Waals surface area (Å²) in [7, 11) is -7.55. The first-order valence-electron chi connectivity index (χ1n) is 14.4. The maximum atomic E-state index is 13.1. The number of fused-ring (bicyclic) bond motifs is 1. The van der Waals surface area contributed by atoms with Crippen LogP contribution in [-0.2, 0) is 26.5 Å². The number of amides is 1. The van der Waals surface area contributed by atoms with Gasteiger partial charge in [-0.3, -0.25) is 24.1 Å². The van der Waals surface area contributed by atoms with Crippen molar-refractivity contribution in [2.75, 3.05) is 37.3 Å². The average molecular weight is 676 g/mol. The summed E-state index contributed by atoms with van der Waals surface area (Å²) < 4.78 is 56.5. The number of H-pyrrole nitrogens is 1. The van der Waals surface area contributed by atoms with E-state index in [1.54, 1.807) is 41.4 Å². The minimum atomic E-state index is -4.16. The molecule has 1 fully saturated rings. The molecule has 0 saturated carbocycles. The SMILES string of the molecule is CS(=O)(=O)c1ccc(C(=O)N2CCN(c3cc(=O)[nH]c(=O)n3Cc3ccc(OS(=O)(=O)c4cccc5cnccc45)cc3)CC2)cc1. The molecule has 0 spiro atoms. The van der Waals surface area contributed by atoms with Crippen LogP contribution in [0.5, 0.6) is 5.75 Å². The molecule has 0 aliphatic carbocycles. The first-order chi connectivity index (χ1) is 22.4. The van der Waals surface area contributed by atoms with Crippen molar-refractivity contribution in [3.8, 4) is 5.75 Å². The minimum absolute atomic E-state index is 0.0116. The van der Waals surface area contributed by atoms with Crippen LogP contribution >= 0.6 is 0 Å². The van der Waals surface area contributed by atoms with E-state index in [-0.39, 0.29) is 28.0 Å². The second kappa shape index (κ2) is 12.5. The fourth-order valence-electron chi connectivity index (χ4n) is 5.40. The Morgan fingerprint density at radius 1 is 0.894 bits per heavy atom. The van der Waals surface area contributed by atoms with Gasteiger partial charge in [-0.25, -0.2) is 13.2 Å². The van der Waals surface area contributed by atoms with E-state index in [1.807, 2.05) is 4.90 Å². The zero-order valence-corrected chi connectivity index (χ0v) is 26.7. The molecule has 3 aromatic carbocycles. The fraction of sp³-hybridized carbons (Fsp3) is 0.188. The van der Waals surface area contributed by atoms with Crippen LogP contribution in [0.25, 0.3) is 10.8 Å². The molecule has 0 radical (unpaired) electrons. The van der Waals surface area contributed by atoms with E-state index in [0.29, 0.717) is 53.9 Å². The van der Waals surface area contributed by atoms with Crippen molar-refractivity contribution in [3.05, 3.63) is 123 Å². The smallest absolute Gasteiger partial charge is 0.339 e. The van der Waals surface area contributed by atoms with Crippen molar-refractivity contribution < 1.29 is 25.8 Å². The molecule has 5 aromatic rings. The lowest BCUT2D eigenvalue weighted by Crippen LogP contribution is -2.50. The third-order valence-electron chi connectivity index (χ3n) is 7.81. The van der Waals surface area contributed by atoms with Crippen LogP contribution in [0.2, 0.25) is 0 Å². The zero-order valence-electron chi connectivity index (χ0n) is 25.1. The zero-order chi connectivity index (χ0) is 33.3. The number of rotatable bonds is 8. The molecule has 0 atom stereocenters. The molecule has 0 bridgehead atoms. The summed E-state index contributed by atoms with van der Waals surface area (Å²) in [6.07, 6.45) is 4.17. The van der Waals surface area contributed by atoms with Crippen LogP contribution in [0, 0.1) is 0 Å². The molecule has 15 heteroatoms. The summed E-state index contributed by atoms with van der Waals surface area (Å²) in [5, 5.41) is 1.14. The van der Waals surface area contributed by atoms with Gasteiger partial charge < -0.3 is 14.0 Å². The van der Waals surface area contributed by atoms with E-state index in [0.717, 1.165) is 6.26 Å². The molecule has 2 aromatic heterocycles. The van der Waals surface area contributed by atoms with E-state index in [1.165, 1.54) is 59.3 Å². The Balaban J connectivity index is 1.16. The van der Waals surface area contributed by atoms with Crippen molar-refractivity contribution >= 4 is 42.5 Å². The van der Waals surface area contributed by atoms with Crippen molar-refractivity contribution in [2.45, 2.75) is 16.3 Å². The van der Waals surface area contributed by atoms with E-state index in [2.05, 4.69) is 9.97 Å². The topological polar surface area (TPSA) is 169 Å². The molecule has 1 saturated heterocycles. The van der Waals surface area contributed by atoms with Crippen molar-refractivity contribution in [3.63, 3.8) is 0 Å². The van der Waals surface area contributed by atoms with Gasteiger partial charge in [-0.1, -0.05) is 24.3 Å². The molecular formula is C32H29N5O8S2. The lowest BCUT2D eigenvalue weighted by Gasteiger charge is -2.36. The van der Waals surface area contributed by atoms with Crippen molar-refractivity contribution in [2.24, 2.45) is 0 Å². The van der Waals surface area contributed by atoms with Gasteiger partial charge in [0.25, 0.3) is 11.5 Å². The lowest BCUT2D eigenvalue weighted by molar-refractivity contribution is 0.0746. The van der Waals surface area contributed by atoms with Gasteiger partial charge >= 0.3 is 15.8 Å². The number of carbonyl (C=O) groups is 1. The average Bonchev–Trinajstić information content (AvgIpc) is 3.05. The Bertz CT molecular complexity index is 2310. The van der Waals surface area contributed by atoms with E-state index in [9.17, 15) is 31.2 Å². The van der Waals surface area contributed by atoms with Gasteiger partial charge in [0.2, 0.25) is 0 Å². The largest absolute Gasteiger partial charge is 0.379 e. The number of benzene rings is 3. The number of sulfone groups is 1. The maximum absolute atomic E-state index is 13.1. The number of aromatic amines is 1. The second-order valence-electron chi connectivity index (χ2n) is 11.0. The molecule has 13 nitrogen and oxygen atoms in total. The fourth-order valence-corrected chi connectivity index (χ4v) is 7.19. The maximum Gasteiger partial charge on any atom is 0.339 e. The molecule has 47 heavy (non-hydrogen) atoms. The Labute approximate surface area is 269 Å². The highest BCUT2D eigenvalue weighted by atomic mass is 32.2. The van der Waals surface area contributed by atoms with Crippen molar-refractivity contribution in [1.29, 1.82) is 0 Å².